The Hall–Kier alpha value is -2.98. The normalized spacial score (nSPS) is 10.5. The lowest BCUT2D eigenvalue weighted by Crippen LogP contribution is -2.20. The molecule has 2 aromatic heterocycles. The van der Waals surface area contributed by atoms with Crippen molar-refractivity contribution in [3.8, 4) is 0 Å². The Kier molecular flexibility index (Phi) is 7.14. The maximum atomic E-state index is 12.3. The molecule has 3 rings (SSSR count). The summed E-state index contributed by atoms with van der Waals surface area (Å²) in [6.07, 6.45) is 0.105. The van der Waals surface area contributed by atoms with Crippen molar-refractivity contribution in [2.24, 2.45) is 0 Å². The third-order valence-corrected chi connectivity index (χ3v) is 5.50. The number of amides is 2. The number of thioether (sulfide) groups is 1. The minimum atomic E-state index is -0.331. The lowest BCUT2D eigenvalue weighted by molar-refractivity contribution is -0.120. The largest absolute Gasteiger partial charge is 0.359 e. The van der Waals surface area contributed by atoms with Crippen molar-refractivity contribution < 1.29 is 9.59 Å². The molecule has 1 aromatic carbocycles. The number of hydrogen-bond donors (Lipinski definition) is 3. The molecular formula is C19H19N5O3S2. The van der Waals surface area contributed by atoms with Crippen LogP contribution in [0.2, 0.25) is 0 Å². The number of rotatable bonds is 8. The van der Waals surface area contributed by atoms with Crippen LogP contribution in [0.5, 0.6) is 0 Å². The van der Waals surface area contributed by atoms with E-state index in [-0.39, 0.29) is 30.2 Å². The average molecular weight is 430 g/mol. The van der Waals surface area contributed by atoms with E-state index in [1.165, 1.54) is 29.2 Å². The maximum absolute atomic E-state index is 12.3. The van der Waals surface area contributed by atoms with E-state index in [0.29, 0.717) is 27.4 Å². The van der Waals surface area contributed by atoms with Crippen molar-refractivity contribution >= 4 is 40.0 Å². The predicted molar refractivity (Wildman–Crippen MR) is 113 cm³/mol. The first-order valence-corrected chi connectivity index (χ1v) is 10.6. The Balaban J connectivity index is 1.59. The fraction of sp³-hybridized carbons (Fsp3) is 0.211. The highest BCUT2D eigenvalue weighted by atomic mass is 32.2. The first kappa shape index (κ1) is 20.7. The number of hydrogen-bond acceptors (Lipinski definition) is 7. The van der Waals surface area contributed by atoms with Gasteiger partial charge in [0.25, 0.3) is 5.56 Å². The predicted octanol–water partition coefficient (Wildman–Crippen LogP) is 1.99. The Morgan fingerprint density at radius 3 is 2.62 bits per heavy atom. The van der Waals surface area contributed by atoms with Crippen LogP contribution in [-0.4, -0.2) is 33.8 Å². The van der Waals surface area contributed by atoms with E-state index in [2.05, 4.69) is 25.6 Å². The Morgan fingerprint density at radius 1 is 1.10 bits per heavy atom. The van der Waals surface area contributed by atoms with Crippen LogP contribution in [0, 0.1) is 0 Å². The molecule has 0 saturated heterocycles. The first-order chi connectivity index (χ1) is 14.0. The van der Waals surface area contributed by atoms with E-state index in [0.717, 1.165) is 5.56 Å². The van der Waals surface area contributed by atoms with Crippen LogP contribution in [0.4, 0.5) is 5.13 Å². The van der Waals surface area contributed by atoms with E-state index in [1.54, 1.807) is 12.4 Å². The lowest BCUT2D eigenvalue weighted by Gasteiger charge is -2.05. The summed E-state index contributed by atoms with van der Waals surface area (Å²) < 4.78 is 0. The van der Waals surface area contributed by atoms with Crippen LogP contribution >= 0.6 is 23.1 Å². The monoisotopic (exact) mass is 429 g/mol. The van der Waals surface area contributed by atoms with E-state index in [1.807, 2.05) is 30.3 Å². The van der Waals surface area contributed by atoms with Crippen molar-refractivity contribution in [3.63, 3.8) is 0 Å². The van der Waals surface area contributed by atoms with Crippen molar-refractivity contribution in [1.29, 1.82) is 0 Å². The number of H-pyrrole nitrogens is 1. The van der Waals surface area contributed by atoms with Gasteiger partial charge in [-0.3, -0.25) is 14.4 Å². The quantitative estimate of drug-likeness (QED) is 0.372. The summed E-state index contributed by atoms with van der Waals surface area (Å²) >= 11 is 2.63. The smallest absolute Gasteiger partial charge is 0.251 e. The summed E-state index contributed by atoms with van der Waals surface area (Å²) in [6, 6.07) is 11.1. The highest BCUT2D eigenvalue weighted by Crippen LogP contribution is 2.19. The summed E-state index contributed by atoms with van der Waals surface area (Å²) in [5.74, 6) is 0.177. The highest BCUT2D eigenvalue weighted by Gasteiger charge is 2.12. The molecule has 2 heterocycles. The zero-order valence-corrected chi connectivity index (χ0v) is 17.2. The van der Waals surface area contributed by atoms with E-state index in [4.69, 9.17) is 0 Å². The fourth-order valence-corrected chi connectivity index (χ4v) is 3.97. The van der Waals surface area contributed by atoms with Crippen LogP contribution in [0.25, 0.3) is 0 Å². The summed E-state index contributed by atoms with van der Waals surface area (Å²) in [5.41, 5.74) is 1.77. The van der Waals surface area contributed by atoms with Gasteiger partial charge in [-0.25, -0.2) is 9.97 Å². The molecule has 0 unspecified atom stereocenters. The van der Waals surface area contributed by atoms with E-state index in [9.17, 15) is 14.4 Å². The minimum Gasteiger partial charge on any atom is -0.359 e. The molecule has 0 bridgehead atoms. The number of nitrogens with one attached hydrogen (secondary N) is 3. The second kappa shape index (κ2) is 9.99. The molecule has 8 nitrogen and oxygen atoms in total. The van der Waals surface area contributed by atoms with Gasteiger partial charge in [0.1, 0.15) is 0 Å². The first-order valence-electron chi connectivity index (χ1n) is 8.73. The summed E-state index contributed by atoms with van der Waals surface area (Å²) in [4.78, 5) is 46.8. The Labute approximate surface area is 175 Å². The number of benzene rings is 1. The molecule has 0 fully saturated rings. The highest BCUT2D eigenvalue weighted by molar-refractivity contribution is 7.98. The molecule has 0 aliphatic carbocycles. The number of carbonyl (C=O) groups excluding carboxylic acids is 2. The molecule has 0 spiro atoms. The summed E-state index contributed by atoms with van der Waals surface area (Å²) in [7, 11) is 1.55. The van der Waals surface area contributed by atoms with Gasteiger partial charge in [0.15, 0.2) is 10.3 Å². The number of thiazole rings is 1. The number of nitrogens with zero attached hydrogens (tertiary/aromatic N) is 2. The zero-order chi connectivity index (χ0) is 20.6. The van der Waals surface area contributed by atoms with E-state index < -0.39 is 0 Å². The molecule has 0 aliphatic heterocycles. The van der Waals surface area contributed by atoms with Crippen molar-refractivity contribution in [2.45, 2.75) is 23.8 Å². The average Bonchev–Trinajstić information content (AvgIpc) is 3.13. The van der Waals surface area contributed by atoms with Gasteiger partial charge in [0.2, 0.25) is 11.8 Å². The lowest BCUT2D eigenvalue weighted by atomic mass is 10.2. The topological polar surface area (TPSA) is 117 Å². The van der Waals surface area contributed by atoms with Crippen molar-refractivity contribution in [3.05, 3.63) is 69.1 Å². The molecule has 0 radical (unpaired) electrons. The SMILES string of the molecule is CNC(=O)Cc1csc(NC(=O)Cc2cc(=O)[nH]c(SCc3ccccc3)n2)n1. The van der Waals surface area contributed by atoms with Gasteiger partial charge in [0.05, 0.1) is 24.2 Å². The molecule has 3 aromatic rings. The molecule has 10 heteroatoms. The molecule has 0 atom stereocenters. The van der Waals surface area contributed by atoms with E-state index >= 15 is 0 Å². The van der Waals surface area contributed by atoms with Crippen LogP contribution in [-0.2, 0) is 28.2 Å². The number of anilines is 1. The molecule has 150 valence electrons. The second-order valence-electron chi connectivity index (χ2n) is 6.04. The number of aromatic nitrogens is 3. The van der Waals surface area contributed by atoms with Gasteiger partial charge < -0.3 is 15.6 Å². The van der Waals surface area contributed by atoms with Crippen molar-refractivity contribution in [1.82, 2.24) is 20.3 Å². The fourth-order valence-electron chi connectivity index (χ4n) is 2.39. The van der Waals surface area contributed by atoms with Crippen LogP contribution in [0.3, 0.4) is 0 Å². The Morgan fingerprint density at radius 2 is 1.86 bits per heavy atom. The third-order valence-electron chi connectivity index (χ3n) is 3.75. The van der Waals surface area contributed by atoms with Gasteiger partial charge in [-0.1, -0.05) is 42.1 Å². The molecule has 29 heavy (non-hydrogen) atoms. The second-order valence-corrected chi connectivity index (χ2v) is 7.86. The molecule has 0 aliphatic rings. The third kappa shape index (κ3) is 6.54. The van der Waals surface area contributed by atoms with Crippen LogP contribution < -0.4 is 16.2 Å². The van der Waals surface area contributed by atoms with Crippen molar-refractivity contribution in [2.75, 3.05) is 12.4 Å². The number of carbonyl (C=O) groups is 2. The van der Waals surface area contributed by atoms with Gasteiger partial charge in [-0.2, -0.15) is 0 Å². The summed E-state index contributed by atoms with van der Waals surface area (Å²) in [5, 5.41) is 7.78. The minimum absolute atomic E-state index is 0.0484. The molecular weight excluding hydrogens is 410 g/mol. The van der Waals surface area contributed by atoms with Gasteiger partial charge >= 0.3 is 0 Å². The zero-order valence-electron chi connectivity index (χ0n) is 15.6. The van der Waals surface area contributed by atoms with Crippen LogP contribution in [0.15, 0.2) is 51.7 Å². The molecule has 3 N–H and O–H groups in total. The Bertz CT molecular complexity index is 1050. The van der Waals surface area contributed by atoms with Gasteiger partial charge in [-0.05, 0) is 5.56 Å². The van der Waals surface area contributed by atoms with Crippen LogP contribution in [0.1, 0.15) is 17.0 Å². The number of aromatic amines is 1. The standard InChI is InChI=1S/C19H19N5O3S2/c1-20-15(25)9-14-11-29-19(22-14)24-17(27)8-13-7-16(26)23-18(21-13)28-10-12-5-3-2-4-6-12/h2-7,11H,8-10H2,1H3,(H,20,25)(H,21,23,26)(H,22,24,27). The summed E-state index contributed by atoms with van der Waals surface area (Å²) in [6.45, 7) is 0. The molecule has 0 saturated carbocycles. The van der Waals surface area contributed by atoms with Gasteiger partial charge in [0, 0.05) is 24.2 Å². The molecule has 2 amide bonds. The van der Waals surface area contributed by atoms with Gasteiger partial charge in [-0.15, -0.1) is 11.3 Å². The number of likely N-dealkylation sites (N-methyl/N-ethyl adjacent to an activating group) is 1. The maximum Gasteiger partial charge on any atom is 0.251 e.